The van der Waals surface area contributed by atoms with Crippen LogP contribution in [-0.4, -0.2) is 80.9 Å². The molecule has 0 saturated carbocycles. The van der Waals surface area contributed by atoms with Crippen molar-refractivity contribution in [1.82, 2.24) is 15.0 Å². The van der Waals surface area contributed by atoms with Crippen LogP contribution in [0.15, 0.2) is 30.7 Å². The normalized spacial score (nSPS) is 18.2. The second-order valence-corrected chi connectivity index (χ2v) is 7.72. The molecule has 1 unspecified atom stereocenters. The fourth-order valence-corrected chi connectivity index (χ4v) is 3.18. The molecule has 4 rings (SSSR count). The number of hydrogen-bond acceptors (Lipinski definition) is 8. The lowest BCUT2D eigenvalue weighted by Crippen LogP contribution is -2.66. The van der Waals surface area contributed by atoms with Crippen LogP contribution in [0.2, 0.25) is 0 Å². The van der Waals surface area contributed by atoms with Crippen molar-refractivity contribution in [2.24, 2.45) is 0 Å². The van der Waals surface area contributed by atoms with Crippen molar-refractivity contribution in [2.75, 3.05) is 24.6 Å². The topological polar surface area (TPSA) is 135 Å². The maximum atomic E-state index is 13.7. The number of hydrogen-bond donors (Lipinski definition) is 2. The molecule has 2 fully saturated rings. The van der Waals surface area contributed by atoms with Crippen LogP contribution in [0.4, 0.5) is 41.1 Å². The molecule has 0 aromatic carbocycles. The minimum Gasteiger partial charge on any atom is -0.475 e. The first-order valence-corrected chi connectivity index (χ1v) is 10.3. The second-order valence-electron chi connectivity index (χ2n) is 7.72. The number of carbonyl (C=O) groups is 2. The molecule has 210 valence electrons. The number of aromatic nitrogens is 3. The molecule has 0 bridgehead atoms. The van der Waals surface area contributed by atoms with Gasteiger partial charge in [0.2, 0.25) is 5.95 Å². The third kappa shape index (κ3) is 8.93. The average molecular weight is 562 g/mol. The Bertz CT molecular complexity index is 1070. The molecular formula is C20H18F8N4O6. The van der Waals surface area contributed by atoms with Gasteiger partial charge in [-0.2, -0.15) is 26.3 Å². The highest BCUT2D eigenvalue weighted by Gasteiger charge is 2.49. The highest BCUT2D eigenvalue weighted by atomic mass is 19.4. The maximum Gasteiger partial charge on any atom is 0.490 e. The minimum absolute atomic E-state index is 0.0256. The van der Waals surface area contributed by atoms with Gasteiger partial charge >= 0.3 is 24.3 Å². The summed E-state index contributed by atoms with van der Waals surface area (Å²) in [6.45, 7) is 1.74. The van der Waals surface area contributed by atoms with Crippen LogP contribution in [0.5, 0.6) is 5.88 Å². The molecule has 1 spiro atoms. The van der Waals surface area contributed by atoms with Crippen LogP contribution in [0.25, 0.3) is 0 Å². The monoisotopic (exact) mass is 562 g/mol. The van der Waals surface area contributed by atoms with Crippen molar-refractivity contribution in [1.29, 1.82) is 0 Å². The van der Waals surface area contributed by atoms with Crippen LogP contribution in [0, 0.1) is 11.6 Å². The van der Waals surface area contributed by atoms with E-state index in [-0.39, 0.29) is 17.6 Å². The lowest BCUT2D eigenvalue weighted by Gasteiger charge is -2.52. The van der Waals surface area contributed by atoms with Gasteiger partial charge < -0.3 is 24.6 Å². The summed E-state index contributed by atoms with van der Waals surface area (Å²) >= 11 is 0. The van der Waals surface area contributed by atoms with Crippen molar-refractivity contribution in [3.63, 3.8) is 0 Å². The van der Waals surface area contributed by atoms with Crippen molar-refractivity contribution < 1.29 is 64.4 Å². The van der Waals surface area contributed by atoms with E-state index in [1.807, 2.05) is 4.90 Å². The molecule has 18 heteroatoms. The van der Waals surface area contributed by atoms with E-state index in [9.17, 15) is 35.1 Å². The summed E-state index contributed by atoms with van der Waals surface area (Å²) in [5.41, 5.74) is -0.355. The lowest BCUT2D eigenvalue weighted by molar-refractivity contribution is -0.193. The third-order valence-electron chi connectivity index (χ3n) is 4.78. The first kappa shape index (κ1) is 30.4. The molecule has 2 N–H and O–H groups in total. The largest absolute Gasteiger partial charge is 0.490 e. The van der Waals surface area contributed by atoms with Gasteiger partial charge in [0.25, 0.3) is 5.88 Å². The maximum absolute atomic E-state index is 13.7. The number of rotatable bonds is 3. The number of halogens is 8. The summed E-state index contributed by atoms with van der Waals surface area (Å²) < 4.78 is 102. The number of nitrogens with zero attached hydrogens (tertiary/aromatic N) is 4. The van der Waals surface area contributed by atoms with Gasteiger partial charge in [0, 0.05) is 19.0 Å². The highest BCUT2D eigenvalue weighted by Crippen LogP contribution is 2.37. The van der Waals surface area contributed by atoms with Gasteiger partial charge in [0.1, 0.15) is 11.7 Å². The minimum atomic E-state index is -5.08. The number of carboxylic acid groups (broad SMARTS) is 2. The zero-order chi connectivity index (χ0) is 28.7. The Morgan fingerprint density at radius 1 is 1.00 bits per heavy atom. The van der Waals surface area contributed by atoms with Crippen LogP contribution in [0.3, 0.4) is 0 Å². The summed E-state index contributed by atoms with van der Waals surface area (Å²) in [5.74, 6) is -5.94. The summed E-state index contributed by atoms with van der Waals surface area (Å²) in [7, 11) is 0. The van der Waals surface area contributed by atoms with E-state index in [0.717, 1.165) is 12.4 Å². The van der Waals surface area contributed by atoms with Crippen LogP contribution in [0.1, 0.15) is 12.8 Å². The summed E-state index contributed by atoms with van der Waals surface area (Å²) in [4.78, 5) is 31.6. The molecule has 1 atom stereocenters. The molecule has 0 aliphatic carbocycles. The second kappa shape index (κ2) is 12.1. The zero-order valence-corrected chi connectivity index (χ0v) is 18.8. The van der Waals surface area contributed by atoms with Gasteiger partial charge in [-0.05, 0) is 12.1 Å². The predicted molar refractivity (Wildman–Crippen MR) is 108 cm³/mol. The van der Waals surface area contributed by atoms with E-state index >= 15 is 0 Å². The Labute approximate surface area is 207 Å². The van der Waals surface area contributed by atoms with Crippen molar-refractivity contribution in [2.45, 2.75) is 36.9 Å². The van der Waals surface area contributed by atoms with Crippen LogP contribution < -0.4 is 9.64 Å². The highest BCUT2D eigenvalue weighted by molar-refractivity contribution is 5.73. The molecule has 0 radical (unpaired) electrons. The first-order valence-electron chi connectivity index (χ1n) is 10.3. The number of ether oxygens (including phenoxy) is 2. The first-order chi connectivity index (χ1) is 17.5. The number of anilines is 1. The smallest absolute Gasteiger partial charge is 0.475 e. The third-order valence-corrected chi connectivity index (χ3v) is 4.78. The number of alkyl halides is 6. The zero-order valence-electron chi connectivity index (χ0n) is 18.8. The average Bonchev–Trinajstić information content (AvgIpc) is 2.79. The quantitative estimate of drug-likeness (QED) is 0.537. The Balaban J connectivity index is 0.000000301. The molecule has 38 heavy (non-hydrogen) atoms. The Morgan fingerprint density at radius 3 is 2.00 bits per heavy atom. The molecule has 10 nitrogen and oxygen atoms in total. The Kier molecular flexibility index (Phi) is 9.71. The molecule has 0 amide bonds. The molecule has 2 aromatic rings. The number of carboxylic acids is 2. The van der Waals surface area contributed by atoms with Gasteiger partial charge in [-0.15, -0.1) is 0 Å². The number of pyridine rings is 1. The van der Waals surface area contributed by atoms with Crippen molar-refractivity contribution >= 4 is 17.9 Å². The predicted octanol–water partition coefficient (Wildman–Crippen LogP) is 3.23. The molecular weight excluding hydrogens is 544 g/mol. The van der Waals surface area contributed by atoms with Crippen LogP contribution >= 0.6 is 0 Å². The van der Waals surface area contributed by atoms with E-state index in [4.69, 9.17) is 29.3 Å². The van der Waals surface area contributed by atoms with Gasteiger partial charge in [-0.1, -0.05) is 0 Å². The lowest BCUT2D eigenvalue weighted by atomic mass is 9.85. The standard InChI is InChI=1S/C16H16F2N4O2.2C2HF3O2/c17-11-7-20-15(21-8-11)22-9-16(10-22)6-12(3-5-23-16)24-14-13(18)2-1-4-19-14;2*3-2(4,5)1(6)7/h1-2,4,7-8,12H,3,5-6,9-10H2;2*(H,6,7). The van der Waals surface area contributed by atoms with Crippen molar-refractivity contribution in [3.05, 3.63) is 42.4 Å². The summed E-state index contributed by atoms with van der Waals surface area (Å²) in [5, 5.41) is 14.2. The van der Waals surface area contributed by atoms with E-state index in [1.165, 1.54) is 18.3 Å². The molecule has 4 heterocycles. The summed E-state index contributed by atoms with van der Waals surface area (Å²) in [6, 6.07) is 2.86. The molecule has 2 aliphatic rings. The fourth-order valence-electron chi connectivity index (χ4n) is 3.18. The fraction of sp³-hybridized carbons (Fsp3) is 0.450. The van der Waals surface area contributed by atoms with Gasteiger partial charge in [-0.25, -0.2) is 33.3 Å². The summed E-state index contributed by atoms with van der Waals surface area (Å²) in [6.07, 6.45) is -5.20. The van der Waals surface area contributed by atoms with E-state index in [1.54, 1.807) is 0 Å². The van der Waals surface area contributed by atoms with E-state index in [0.29, 0.717) is 38.5 Å². The Hall–Kier alpha value is -3.83. The molecule has 2 saturated heterocycles. The van der Waals surface area contributed by atoms with Gasteiger partial charge in [0.15, 0.2) is 11.6 Å². The van der Waals surface area contributed by atoms with E-state index < -0.39 is 35.9 Å². The van der Waals surface area contributed by atoms with Gasteiger partial charge in [-0.3, -0.25) is 0 Å². The molecule has 2 aromatic heterocycles. The van der Waals surface area contributed by atoms with Crippen molar-refractivity contribution in [3.8, 4) is 5.88 Å². The SMILES string of the molecule is Fc1cnc(N2CC3(CC(Oc4ncccc4F)CCO3)C2)nc1.O=C(O)C(F)(F)F.O=C(O)C(F)(F)F. The molecule has 2 aliphatic heterocycles. The van der Waals surface area contributed by atoms with E-state index in [2.05, 4.69) is 15.0 Å². The van der Waals surface area contributed by atoms with Gasteiger partial charge in [0.05, 0.1) is 32.1 Å². The Morgan fingerprint density at radius 2 is 1.53 bits per heavy atom. The number of aliphatic carboxylic acids is 2. The van der Waals surface area contributed by atoms with Crippen LogP contribution in [-0.2, 0) is 14.3 Å².